The number of amides is 1. The molecule has 0 spiro atoms. The molecule has 0 fully saturated rings. The van der Waals surface area contributed by atoms with Crippen LogP contribution >= 0.6 is 0 Å². The lowest BCUT2D eigenvalue weighted by Gasteiger charge is -2.25. The van der Waals surface area contributed by atoms with Gasteiger partial charge in [0, 0.05) is 19.1 Å². The average molecular weight is 377 g/mol. The highest BCUT2D eigenvalue weighted by Crippen LogP contribution is 2.15. The van der Waals surface area contributed by atoms with Gasteiger partial charge >= 0.3 is 0 Å². The summed E-state index contributed by atoms with van der Waals surface area (Å²) < 4.78 is 5.81. The van der Waals surface area contributed by atoms with Crippen molar-refractivity contribution in [1.82, 2.24) is 10.2 Å². The first-order chi connectivity index (χ1) is 13.6. The molecule has 1 aromatic heterocycles. The molecule has 4 heteroatoms. The van der Waals surface area contributed by atoms with Crippen LogP contribution in [0.15, 0.2) is 77.2 Å². The predicted molar refractivity (Wildman–Crippen MR) is 112 cm³/mol. The molecular formula is C24H28N2O2. The van der Waals surface area contributed by atoms with Crippen LogP contribution in [0.5, 0.6) is 0 Å². The monoisotopic (exact) mass is 376 g/mol. The third-order valence-corrected chi connectivity index (χ3v) is 4.75. The number of carbonyl (C=O) groups excluding carboxylic acids is 1. The van der Waals surface area contributed by atoms with Gasteiger partial charge in [-0.05, 0) is 43.5 Å². The summed E-state index contributed by atoms with van der Waals surface area (Å²) in [5, 5.41) is 2.93. The lowest BCUT2D eigenvalue weighted by Crippen LogP contribution is -2.29. The number of furan rings is 1. The Bertz CT molecular complexity index is 857. The fourth-order valence-corrected chi connectivity index (χ4v) is 3.08. The first-order valence-corrected chi connectivity index (χ1v) is 9.80. The van der Waals surface area contributed by atoms with Crippen LogP contribution in [-0.2, 0) is 19.5 Å². The number of nitrogens with one attached hydrogen (secondary N) is 1. The van der Waals surface area contributed by atoms with Crippen LogP contribution in [0, 0.1) is 0 Å². The van der Waals surface area contributed by atoms with Crippen molar-refractivity contribution in [2.24, 2.45) is 0 Å². The van der Waals surface area contributed by atoms with E-state index < -0.39 is 0 Å². The molecule has 3 rings (SSSR count). The molecule has 0 aliphatic carbocycles. The summed E-state index contributed by atoms with van der Waals surface area (Å²) in [4.78, 5) is 14.7. The van der Waals surface area contributed by atoms with Crippen molar-refractivity contribution in [3.8, 4) is 0 Å². The number of hydrogen-bond donors (Lipinski definition) is 1. The maximum absolute atomic E-state index is 12.3. The number of carbonyl (C=O) groups is 1. The van der Waals surface area contributed by atoms with Crippen LogP contribution in [-0.4, -0.2) is 23.4 Å². The maximum atomic E-state index is 12.3. The summed E-state index contributed by atoms with van der Waals surface area (Å²) in [5.41, 5.74) is 2.47. The fraction of sp³-hybridized carbons (Fsp3) is 0.292. The smallest absolute Gasteiger partial charge is 0.287 e. The van der Waals surface area contributed by atoms with Crippen molar-refractivity contribution < 1.29 is 9.21 Å². The first-order valence-electron chi connectivity index (χ1n) is 9.80. The van der Waals surface area contributed by atoms with E-state index in [2.05, 4.69) is 60.5 Å². The molecule has 2 aromatic carbocycles. The molecule has 3 aromatic rings. The van der Waals surface area contributed by atoms with Crippen LogP contribution in [0.4, 0.5) is 0 Å². The van der Waals surface area contributed by atoms with E-state index in [0.29, 0.717) is 24.9 Å². The Morgan fingerprint density at radius 1 is 0.893 bits per heavy atom. The van der Waals surface area contributed by atoms with E-state index in [4.69, 9.17) is 4.42 Å². The molecule has 1 amide bonds. The second-order valence-electron chi connectivity index (χ2n) is 7.24. The van der Waals surface area contributed by atoms with E-state index in [1.54, 1.807) is 6.07 Å². The maximum Gasteiger partial charge on any atom is 0.287 e. The highest BCUT2D eigenvalue weighted by Gasteiger charge is 2.15. The molecular weight excluding hydrogens is 348 g/mol. The molecule has 0 atom stereocenters. The molecule has 0 aliphatic rings. The van der Waals surface area contributed by atoms with Gasteiger partial charge in [0.15, 0.2) is 5.76 Å². The Kier molecular flexibility index (Phi) is 7.04. The van der Waals surface area contributed by atoms with Crippen LogP contribution in [0.2, 0.25) is 0 Å². The number of hydrogen-bond acceptors (Lipinski definition) is 3. The Morgan fingerprint density at radius 2 is 1.54 bits per heavy atom. The van der Waals surface area contributed by atoms with E-state index in [1.807, 2.05) is 30.3 Å². The third kappa shape index (κ3) is 5.83. The standard InChI is InChI=1S/C24H28N2O2/c1-19(2)26(17-21-11-7-4-8-12-21)18-22-13-14-23(28-22)24(27)25-16-15-20-9-5-3-6-10-20/h3-14,19H,15-18H2,1-2H3,(H,25,27). The molecule has 0 unspecified atom stereocenters. The van der Waals surface area contributed by atoms with Gasteiger partial charge in [-0.3, -0.25) is 9.69 Å². The van der Waals surface area contributed by atoms with Gasteiger partial charge in [0.25, 0.3) is 5.91 Å². The van der Waals surface area contributed by atoms with Crippen molar-refractivity contribution in [3.63, 3.8) is 0 Å². The van der Waals surface area contributed by atoms with Crippen LogP contribution in [0.1, 0.15) is 41.3 Å². The van der Waals surface area contributed by atoms with Gasteiger partial charge in [-0.25, -0.2) is 0 Å². The molecule has 0 radical (unpaired) electrons. The number of rotatable bonds is 9. The molecule has 146 valence electrons. The predicted octanol–water partition coefficient (Wildman–Crippen LogP) is 4.66. The Hall–Kier alpha value is -2.85. The number of nitrogens with zero attached hydrogens (tertiary/aromatic N) is 1. The summed E-state index contributed by atoms with van der Waals surface area (Å²) in [6, 6.07) is 24.5. The first kappa shape index (κ1) is 19.9. The molecule has 1 N–H and O–H groups in total. The van der Waals surface area contributed by atoms with Gasteiger partial charge < -0.3 is 9.73 Å². The van der Waals surface area contributed by atoms with E-state index in [0.717, 1.165) is 18.7 Å². The van der Waals surface area contributed by atoms with Gasteiger partial charge in [0.1, 0.15) is 5.76 Å². The lowest BCUT2D eigenvalue weighted by atomic mass is 10.1. The Labute approximate surface area is 167 Å². The Morgan fingerprint density at radius 3 is 2.18 bits per heavy atom. The van der Waals surface area contributed by atoms with Crippen LogP contribution in [0.3, 0.4) is 0 Å². The van der Waals surface area contributed by atoms with Crippen molar-refractivity contribution in [3.05, 3.63) is 95.4 Å². The quantitative estimate of drug-likeness (QED) is 0.591. The van der Waals surface area contributed by atoms with E-state index in [9.17, 15) is 4.79 Å². The summed E-state index contributed by atoms with van der Waals surface area (Å²) in [5.74, 6) is 1.01. The summed E-state index contributed by atoms with van der Waals surface area (Å²) in [6.07, 6.45) is 0.804. The minimum absolute atomic E-state index is 0.165. The van der Waals surface area contributed by atoms with Crippen molar-refractivity contribution in [2.45, 2.75) is 39.4 Å². The minimum Gasteiger partial charge on any atom is -0.455 e. The molecule has 0 aliphatic heterocycles. The number of benzene rings is 2. The zero-order chi connectivity index (χ0) is 19.8. The second kappa shape index (κ2) is 9.90. The van der Waals surface area contributed by atoms with Gasteiger partial charge in [-0.2, -0.15) is 0 Å². The SMILES string of the molecule is CC(C)N(Cc1ccccc1)Cc1ccc(C(=O)NCCc2ccccc2)o1. The topological polar surface area (TPSA) is 45.5 Å². The molecule has 0 bridgehead atoms. The van der Waals surface area contributed by atoms with Gasteiger partial charge in [0.2, 0.25) is 0 Å². The summed E-state index contributed by atoms with van der Waals surface area (Å²) in [6.45, 7) is 6.44. The van der Waals surface area contributed by atoms with Crippen LogP contribution < -0.4 is 5.32 Å². The van der Waals surface area contributed by atoms with Gasteiger partial charge in [0.05, 0.1) is 6.54 Å². The highest BCUT2D eigenvalue weighted by molar-refractivity contribution is 5.91. The average Bonchev–Trinajstić information content (AvgIpc) is 3.18. The third-order valence-electron chi connectivity index (χ3n) is 4.75. The zero-order valence-corrected chi connectivity index (χ0v) is 16.6. The normalized spacial score (nSPS) is 11.1. The minimum atomic E-state index is -0.165. The fourth-order valence-electron chi connectivity index (χ4n) is 3.08. The highest BCUT2D eigenvalue weighted by atomic mass is 16.4. The largest absolute Gasteiger partial charge is 0.455 e. The van der Waals surface area contributed by atoms with Gasteiger partial charge in [-0.1, -0.05) is 60.7 Å². The van der Waals surface area contributed by atoms with Crippen molar-refractivity contribution >= 4 is 5.91 Å². The molecule has 28 heavy (non-hydrogen) atoms. The molecule has 4 nitrogen and oxygen atoms in total. The van der Waals surface area contributed by atoms with Crippen LogP contribution in [0.25, 0.3) is 0 Å². The van der Waals surface area contributed by atoms with E-state index >= 15 is 0 Å². The van der Waals surface area contributed by atoms with Gasteiger partial charge in [-0.15, -0.1) is 0 Å². The lowest BCUT2D eigenvalue weighted by molar-refractivity contribution is 0.0921. The van der Waals surface area contributed by atoms with E-state index in [-0.39, 0.29) is 5.91 Å². The molecule has 1 heterocycles. The molecule has 0 saturated heterocycles. The second-order valence-corrected chi connectivity index (χ2v) is 7.24. The summed E-state index contributed by atoms with van der Waals surface area (Å²) >= 11 is 0. The Balaban J connectivity index is 1.53. The van der Waals surface area contributed by atoms with Crippen molar-refractivity contribution in [2.75, 3.05) is 6.54 Å². The van der Waals surface area contributed by atoms with E-state index in [1.165, 1.54) is 11.1 Å². The zero-order valence-electron chi connectivity index (χ0n) is 16.6. The summed E-state index contributed by atoms with van der Waals surface area (Å²) in [7, 11) is 0. The molecule has 0 saturated carbocycles. The van der Waals surface area contributed by atoms with Crippen molar-refractivity contribution in [1.29, 1.82) is 0 Å².